The van der Waals surface area contributed by atoms with Gasteiger partial charge < -0.3 is 10.1 Å². The van der Waals surface area contributed by atoms with Crippen LogP contribution in [0.4, 0.5) is 5.69 Å². The van der Waals surface area contributed by atoms with Crippen LogP contribution in [0.5, 0.6) is 0 Å². The maximum atomic E-state index is 12.6. The summed E-state index contributed by atoms with van der Waals surface area (Å²) in [4.78, 5) is 13.9. The van der Waals surface area contributed by atoms with Gasteiger partial charge in [-0.1, -0.05) is 36.4 Å². The van der Waals surface area contributed by atoms with Crippen LogP contribution < -0.4 is 5.32 Å². The summed E-state index contributed by atoms with van der Waals surface area (Å²) in [7, 11) is 0. The third kappa shape index (κ3) is 5.31. The molecule has 3 heterocycles. The summed E-state index contributed by atoms with van der Waals surface area (Å²) >= 11 is 9.28. The first-order valence-electron chi connectivity index (χ1n) is 10.4. The Morgan fingerprint density at radius 2 is 2.29 bits per heavy atom. The molecule has 164 valence electrons. The Morgan fingerprint density at radius 1 is 1.42 bits per heavy atom. The summed E-state index contributed by atoms with van der Waals surface area (Å²) in [5, 5.41) is 15.3. The van der Waals surface area contributed by atoms with E-state index in [4.69, 9.17) is 16.3 Å². The number of ether oxygens (including phenoxy) is 1. The van der Waals surface area contributed by atoms with Crippen LogP contribution in [-0.2, 0) is 22.5 Å². The molecule has 1 aliphatic rings. The fraction of sp³-hybridized carbons (Fsp3) is 0.409. The lowest BCUT2D eigenvalue weighted by Gasteiger charge is -2.14. The number of nitrogens with one attached hydrogen (secondary N) is 1. The van der Waals surface area contributed by atoms with Crippen molar-refractivity contribution in [2.75, 3.05) is 17.7 Å². The predicted octanol–water partition coefficient (Wildman–Crippen LogP) is 5.44. The van der Waals surface area contributed by atoms with Crippen LogP contribution in [0.2, 0.25) is 5.02 Å². The van der Waals surface area contributed by atoms with Crippen LogP contribution >= 0.6 is 34.7 Å². The number of aromatic nitrogens is 3. The summed E-state index contributed by atoms with van der Waals surface area (Å²) in [6.07, 6.45) is 3.25. The number of hydrogen-bond acceptors (Lipinski definition) is 6. The predicted molar refractivity (Wildman–Crippen MR) is 127 cm³/mol. The van der Waals surface area contributed by atoms with Gasteiger partial charge in [0, 0.05) is 33.1 Å². The summed E-state index contributed by atoms with van der Waals surface area (Å²) in [6, 6.07) is 7.66. The van der Waals surface area contributed by atoms with Crippen molar-refractivity contribution in [2.24, 2.45) is 0 Å². The van der Waals surface area contributed by atoms with Crippen LogP contribution in [0.25, 0.3) is 11.4 Å². The first-order valence-corrected chi connectivity index (χ1v) is 12.6. The second-order valence-corrected chi connectivity index (χ2v) is 9.80. The molecule has 6 nitrogen and oxygen atoms in total. The minimum absolute atomic E-state index is 0.104. The van der Waals surface area contributed by atoms with Gasteiger partial charge in [0.15, 0.2) is 11.0 Å². The summed E-state index contributed by atoms with van der Waals surface area (Å²) in [5.41, 5.74) is 2.65. The van der Waals surface area contributed by atoms with E-state index in [9.17, 15) is 4.79 Å². The minimum atomic E-state index is -0.104. The van der Waals surface area contributed by atoms with Crippen molar-refractivity contribution < 1.29 is 9.53 Å². The number of rotatable bonds is 8. The second-order valence-electron chi connectivity index (χ2n) is 7.46. The standard InChI is InChI=1S/C22H25ClN4O2S2/c1-3-17-10-15(12-30-17)21-25-26-22(27(21)11-16-6-5-9-29-16)31-13-20(28)24-19-8-4-7-18(23)14(19)2/h4,7-8,10,12,16H,3,5-6,9,11,13H2,1-2H3,(H,24,28). The smallest absolute Gasteiger partial charge is 0.234 e. The van der Waals surface area contributed by atoms with E-state index >= 15 is 0 Å². The van der Waals surface area contributed by atoms with Gasteiger partial charge in [-0.2, -0.15) is 0 Å². The van der Waals surface area contributed by atoms with Crippen molar-refractivity contribution in [1.82, 2.24) is 14.8 Å². The van der Waals surface area contributed by atoms with Gasteiger partial charge >= 0.3 is 0 Å². The van der Waals surface area contributed by atoms with Gasteiger partial charge in [-0.3, -0.25) is 9.36 Å². The van der Waals surface area contributed by atoms with Crippen LogP contribution in [0.15, 0.2) is 34.8 Å². The molecule has 0 aliphatic carbocycles. The van der Waals surface area contributed by atoms with Crippen molar-refractivity contribution >= 4 is 46.3 Å². The van der Waals surface area contributed by atoms with Crippen molar-refractivity contribution in [3.05, 3.63) is 45.1 Å². The van der Waals surface area contributed by atoms with E-state index in [-0.39, 0.29) is 17.8 Å². The molecule has 1 saturated heterocycles. The SMILES string of the molecule is CCc1cc(-c2nnc(SCC(=O)Nc3cccc(Cl)c3C)n2CC2CCCO2)cs1. The zero-order valence-corrected chi connectivity index (χ0v) is 19.9. The molecule has 0 saturated carbocycles. The number of carbonyl (C=O) groups excluding carboxylic acids is 1. The largest absolute Gasteiger partial charge is 0.376 e. The highest BCUT2D eigenvalue weighted by atomic mass is 35.5. The van der Waals surface area contributed by atoms with Crippen LogP contribution in [-0.4, -0.2) is 39.1 Å². The van der Waals surface area contributed by atoms with Crippen LogP contribution in [0, 0.1) is 6.92 Å². The van der Waals surface area contributed by atoms with E-state index in [1.165, 1.54) is 16.6 Å². The quantitative estimate of drug-likeness (QED) is 0.438. The first kappa shape index (κ1) is 22.3. The van der Waals surface area contributed by atoms with Crippen LogP contribution in [0.1, 0.15) is 30.2 Å². The number of aryl methyl sites for hydroxylation is 1. The number of amides is 1. The molecule has 1 unspecified atom stereocenters. The molecular formula is C22H25ClN4O2S2. The van der Waals surface area contributed by atoms with E-state index < -0.39 is 0 Å². The van der Waals surface area contributed by atoms with Gasteiger partial charge in [0.05, 0.1) is 18.4 Å². The Hall–Kier alpha value is -1.87. The summed E-state index contributed by atoms with van der Waals surface area (Å²) < 4.78 is 7.95. The number of benzene rings is 1. The zero-order chi connectivity index (χ0) is 21.8. The molecule has 2 aromatic heterocycles. The maximum absolute atomic E-state index is 12.6. The summed E-state index contributed by atoms with van der Waals surface area (Å²) in [6.45, 7) is 5.52. The van der Waals surface area contributed by atoms with Crippen LogP contribution in [0.3, 0.4) is 0 Å². The monoisotopic (exact) mass is 476 g/mol. The first-order chi connectivity index (χ1) is 15.0. The van der Waals surface area contributed by atoms with Crippen molar-refractivity contribution in [3.63, 3.8) is 0 Å². The molecule has 1 fully saturated rings. The number of anilines is 1. The van der Waals surface area contributed by atoms with E-state index in [2.05, 4.69) is 38.5 Å². The lowest BCUT2D eigenvalue weighted by Crippen LogP contribution is -2.18. The highest BCUT2D eigenvalue weighted by Gasteiger charge is 2.23. The Balaban J connectivity index is 1.50. The number of carbonyl (C=O) groups is 1. The normalized spacial score (nSPS) is 16.0. The Kier molecular flexibility index (Phi) is 7.32. The molecule has 1 atom stereocenters. The van der Waals surface area contributed by atoms with E-state index in [0.717, 1.165) is 53.7 Å². The molecule has 1 aliphatic heterocycles. The van der Waals surface area contributed by atoms with Gasteiger partial charge in [0.1, 0.15) is 0 Å². The maximum Gasteiger partial charge on any atom is 0.234 e. The molecule has 1 N–H and O–H groups in total. The number of nitrogens with zero attached hydrogens (tertiary/aromatic N) is 3. The molecule has 0 bridgehead atoms. The van der Waals surface area contributed by atoms with Crippen molar-refractivity contribution in [1.29, 1.82) is 0 Å². The molecule has 4 rings (SSSR count). The average Bonchev–Trinajstić information content (AvgIpc) is 3.51. The molecule has 1 aromatic carbocycles. The lowest BCUT2D eigenvalue weighted by molar-refractivity contribution is -0.113. The summed E-state index contributed by atoms with van der Waals surface area (Å²) in [5.74, 6) is 0.965. The highest BCUT2D eigenvalue weighted by molar-refractivity contribution is 7.99. The van der Waals surface area contributed by atoms with Crippen molar-refractivity contribution in [2.45, 2.75) is 50.9 Å². The Labute approximate surface area is 195 Å². The fourth-order valence-electron chi connectivity index (χ4n) is 3.51. The van der Waals surface area contributed by atoms with Gasteiger partial charge in [0.2, 0.25) is 5.91 Å². The topological polar surface area (TPSA) is 69.0 Å². The van der Waals surface area contributed by atoms with Gasteiger partial charge in [0.25, 0.3) is 0 Å². The van der Waals surface area contributed by atoms with Crippen molar-refractivity contribution in [3.8, 4) is 11.4 Å². The van der Waals surface area contributed by atoms with E-state index in [1.807, 2.05) is 25.1 Å². The molecular weight excluding hydrogens is 452 g/mol. The number of thiophene rings is 1. The van der Waals surface area contributed by atoms with E-state index in [1.54, 1.807) is 11.3 Å². The third-order valence-electron chi connectivity index (χ3n) is 5.26. The molecule has 9 heteroatoms. The molecule has 3 aromatic rings. The lowest BCUT2D eigenvalue weighted by atomic mass is 10.2. The average molecular weight is 477 g/mol. The molecule has 0 spiro atoms. The highest BCUT2D eigenvalue weighted by Crippen LogP contribution is 2.30. The third-order valence-corrected chi connectivity index (χ3v) is 7.72. The number of halogens is 1. The molecule has 0 radical (unpaired) electrons. The number of thioether (sulfide) groups is 1. The molecule has 31 heavy (non-hydrogen) atoms. The zero-order valence-electron chi connectivity index (χ0n) is 17.6. The van der Waals surface area contributed by atoms with Gasteiger partial charge in [-0.15, -0.1) is 21.5 Å². The Morgan fingerprint density at radius 3 is 3.03 bits per heavy atom. The number of hydrogen-bond donors (Lipinski definition) is 1. The fourth-order valence-corrected chi connectivity index (χ4v) is 5.24. The van der Waals surface area contributed by atoms with E-state index in [0.29, 0.717) is 11.6 Å². The minimum Gasteiger partial charge on any atom is -0.376 e. The van der Waals surface area contributed by atoms with Gasteiger partial charge in [-0.25, -0.2) is 0 Å². The Bertz CT molecular complexity index is 1060. The second kappa shape index (κ2) is 10.2. The molecule has 1 amide bonds. The van der Waals surface area contributed by atoms with Gasteiger partial charge in [-0.05, 0) is 49.9 Å².